The highest BCUT2D eigenvalue weighted by Crippen LogP contribution is 2.21. The number of esters is 1. The van der Waals surface area contributed by atoms with Gasteiger partial charge in [0.05, 0.1) is 0 Å². The molecule has 0 bridgehead atoms. The lowest BCUT2D eigenvalue weighted by molar-refractivity contribution is -0.149. The summed E-state index contributed by atoms with van der Waals surface area (Å²) in [5.41, 5.74) is 1.83. The average Bonchev–Trinajstić information content (AvgIpc) is 2.91. The molecule has 0 saturated carbocycles. The van der Waals surface area contributed by atoms with Crippen molar-refractivity contribution >= 4 is 29.2 Å². The number of rotatable bonds is 5. The number of hydrogen-bond acceptors (Lipinski definition) is 5. The van der Waals surface area contributed by atoms with Gasteiger partial charge in [-0.05, 0) is 43.5 Å². The number of nitrogens with one attached hydrogen (secondary N) is 2. The van der Waals surface area contributed by atoms with Crippen molar-refractivity contribution in [2.24, 2.45) is 0 Å². The third-order valence-electron chi connectivity index (χ3n) is 4.75. The number of anilines is 2. The standard InChI is InChI=1S/C19H25N3O4/c23-17-10-9-16(21-17)19(25)26-13-18(24)20-14-5-7-15(8-6-14)22-11-3-1-2-4-12-22/h5-8,16H,1-4,9-13H2,(H,20,24)(H,21,23)/t16-/m1/s1. The molecule has 2 N–H and O–H groups in total. The molecule has 0 aromatic heterocycles. The summed E-state index contributed by atoms with van der Waals surface area (Å²) in [6, 6.07) is 7.08. The molecule has 1 aromatic carbocycles. The first-order chi connectivity index (χ1) is 12.6. The molecule has 7 nitrogen and oxygen atoms in total. The van der Waals surface area contributed by atoms with Gasteiger partial charge in [0, 0.05) is 30.9 Å². The quantitative estimate of drug-likeness (QED) is 0.783. The first-order valence-corrected chi connectivity index (χ1v) is 9.23. The number of carbonyl (C=O) groups is 3. The van der Waals surface area contributed by atoms with Crippen molar-refractivity contribution in [3.05, 3.63) is 24.3 Å². The van der Waals surface area contributed by atoms with Crippen molar-refractivity contribution in [3.63, 3.8) is 0 Å². The van der Waals surface area contributed by atoms with Crippen LogP contribution in [0.15, 0.2) is 24.3 Å². The largest absolute Gasteiger partial charge is 0.454 e. The second-order valence-electron chi connectivity index (χ2n) is 6.76. The summed E-state index contributed by atoms with van der Waals surface area (Å²) in [5.74, 6) is -1.13. The van der Waals surface area contributed by atoms with Crippen molar-refractivity contribution in [1.29, 1.82) is 0 Å². The zero-order chi connectivity index (χ0) is 18.4. The molecule has 0 radical (unpaired) electrons. The molecule has 0 unspecified atom stereocenters. The van der Waals surface area contributed by atoms with Crippen LogP contribution in [0.2, 0.25) is 0 Å². The van der Waals surface area contributed by atoms with E-state index in [-0.39, 0.29) is 12.5 Å². The summed E-state index contributed by atoms with van der Waals surface area (Å²) < 4.78 is 4.97. The van der Waals surface area contributed by atoms with E-state index in [4.69, 9.17) is 4.74 Å². The highest BCUT2D eigenvalue weighted by Gasteiger charge is 2.28. The van der Waals surface area contributed by atoms with Crippen LogP contribution in [0.1, 0.15) is 38.5 Å². The number of nitrogens with zero attached hydrogens (tertiary/aromatic N) is 1. The Kier molecular flexibility index (Phi) is 6.09. The molecule has 1 atom stereocenters. The zero-order valence-corrected chi connectivity index (χ0v) is 14.8. The van der Waals surface area contributed by atoms with Crippen molar-refractivity contribution in [2.45, 2.75) is 44.6 Å². The van der Waals surface area contributed by atoms with Crippen LogP contribution in [0.3, 0.4) is 0 Å². The maximum atomic E-state index is 11.9. The van der Waals surface area contributed by atoms with E-state index in [1.165, 1.54) is 25.7 Å². The van der Waals surface area contributed by atoms with Gasteiger partial charge in [-0.1, -0.05) is 12.8 Å². The molecule has 2 amide bonds. The first-order valence-electron chi connectivity index (χ1n) is 9.23. The van der Waals surface area contributed by atoms with E-state index in [9.17, 15) is 14.4 Å². The van der Waals surface area contributed by atoms with Crippen LogP contribution in [0, 0.1) is 0 Å². The van der Waals surface area contributed by atoms with Gasteiger partial charge < -0.3 is 20.3 Å². The van der Waals surface area contributed by atoms with Gasteiger partial charge >= 0.3 is 5.97 Å². The summed E-state index contributed by atoms with van der Waals surface area (Å²) in [4.78, 5) is 37.2. The Morgan fingerprint density at radius 2 is 1.81 bits per heavy atom. The van der Waals surface area contributed by atoms with E-state index in [0.29, 0.717) is 18.5 Å². The minimum atomic E-state index is -0.636. The second kappa shape index (κ2) is 8.69. The van der Waals surface area contributed by atoms with E-state index >= 15 is 0 Å². The third-order valence-corrected chi connectivity index (χ3v) is 4.75. The van der Waals surface area contributed by atoms with Crippen molar-refractivity contribution < 1.29 is 19.1 Å². The van der Waals surface area contributed by atoms with E-state index in [0.717, 1.165) is 18.8 Å². The Balaban J connectivity index is 1.45. The van der Waals surface area contributed by atoms with Crippen LogP contribution in [0.25, 0.3) is 0 Å². The molecule has 140 valence electrons. The lowest BCUT2D eigenvalue weighted by Crippen LogP contribution is -2.36. The maximum absolute atomic E-state index is 11.9. The van der Waals surface area contributed by atoms with Crippen molar-refractivity contribution in [3.8, 4) is 0 Å². The maximum Gasteiger partial charge on any atom is 0.329 e. The normalized spacial score (nSPS) is 20.2. The van der Waals surface area contributed by atoms with Gasteiger partial charge in [-0.3, -0.25) is 9.59 Å². The zero-order valence-electron chi connectivity index (χ0n) is 14.8. The first kappa shape index (κ1) is 18.2. The minimum absolute atomic E-state index is 0.166. The molecule has 2 heterocycles. The molecule has 2 aliphatic heterocycles. The van der Waals surface area contributed by atoms with Gasteiger partial charge in [-0.2, -0.15) is 0 Å². The fraction of sp³-hybridized carbons (Fsp3) is 0.526. The number of carbonyl (C=O) groups excluding carboxylic acids is 3. The molecule has 26 heavy (non-hydrogen) atoms. The fourth-order valence-electron chi connectivity index (χ4n) is 3.31. The Morgan fingerprint density at radius 3 is 2.42 bits per heavy atom. The molecular formula is C19H25N3O4. The van der Waals surface area contributed by atoms with E-state index < -0.39 is 17.9 Å². The van der Waals surface area contributed by atoms with Gasteiger partial charge in [0.15, 0.2) is 6.61 Å². The minimum Gasteiger partial charge on any atom is -0.454 e. The topological polar surface area (TPSA) is 87.7 Å². The highest BCUT2D eigenvalue weighted by atomic mass is 16.5. The van der Waals surface area contributed by atoms with Crippen LogP contribution in [-0.2, 0) is 19.1 Å². The summed E-state index contributed by atoms with van der Waals surface area (Å²) in [7, 11) is 0. The Hall–Kier alpha value is -2.57. The predicted molar refractivity (Wildman–Crippen MR) is 97.9 cm³/mol. The van der Waals surface area contributed by atoms with Gasteiger partial charge in [-0.25, -0.2) is 4.79 Å². The van der Waals surface area contributed by atoms with Gasteiger partial charge in [0.1, 0.15) is 6.04 Å². The van der Waals surface area contributed by atoms with Gasteiger partial charge in [-0.15, -0.1) is 0 Å². The molecule has 0 aliphatic carbocycles. The molecule has 2 saturated heterocycles. The molecule has 3 rings (SSSR count). The molecule has 0 spiro atoms. The van der Waals surface area contributed by atoms with Crippen LogP contribution in [0.4, 0.5) is 11.4 Å². The summed E-state index contributed by atoms with van der Waals surface area (Å²) in [6.07, 6.45) is 5.73. The summed E-state index contributed by atoms with van der Waals surface area (Å²) in [6.45, 7) is 1.78. The van der Waals surface area contributed by atoms with Crippen LogP contribution < -0.4 is 15.5 Å². The van der Waals surface area contributed by atoms with Crippen molar-refractivity contribution in [1.82, 2.24) is 5.32 Å². The van der Waals surface area contributed by atoms with Crippen LogP contribution in [0.5, 0.6) is 0 Å². The lowest BCUT2D eigenvalue weighted by Gasteiger charge is -2.22. The average molecular weight is 359 g/mol. The molecule has 2 aliphatic rings. The Morgan fingerprint density at radius 1 is 1.12 bits per heavy atom. The fourth-order valence-corrected chi connectivity index (χ4v) is 3.31. The lowest BCUT2D eigenvalue weighted by atomic mass is 10.2. The van der Waals surface area contributed by atoms with Crippen LogP contribution in [-0.4, -0.2) is 43.5 Å². The molecule has 1 aromatic rings. The molecular weight excluding hydrogens is 334 g/mol. The Labute approximate surface area is 153 Å². The van der Waals surface area contributed by atoms with Crippen LogP contribution >= 0.6 is 0 Å². The second-order valence-corrected chi connectivity index (χ2v) is 6.76. The monoisotopic (exact) mass is 359 g/mol. The number of benzene rings is 1. The number of ether oxygens (including phenoxy) is 1. The van der Waals surface area contributed by atoms with Gasteiger partial charge in [0.25, 0.3) is 5.91 Å². The summed E-state index contributed by atoms with van der Waals surface area (Å²) in [5, 5.41) is 5.24. The summed E-state index contributed by atoms with van der Waals surface area (Å²) >= 11 is 0. The number of hydrogen-bond donors (Lipinski definition) is 2. The SMILES string of the molecule is O=C(COC(=O)[C@H]1CCC(=O)N1)Nc1ccc(N2CCCCCC2)cc1. The van der Waals surface area contributed by atoms with E-state index in [1.54, 1.807) is 0 Å². The predicted octanol–water partition coefficient (Wildman–Crippen LogP) is 1.83. The highest BCUT2D eigenvalue weighted by molar-refractivity contribution is 5.94. The third kappa shape index (κ3) is 4.97. The molecule has 7 heteroatoms. The van der Waals surface area contributed by atoms with Crippen molar-refractivity contribution in [2.75, 3.05) is 29.9 Å². The smallest absolute Gasteiger partial charge is 0.329 e. The Bertz CT molecular complexity index is 651. The van der Waals surface area contributed by atoms with E-state index in [2.05, 4.69) is 15.5 Å². The van der Waals surface area contributed by atoms with E-state index in [1.807, 2.05) is 24.3 Å². The molecule has 2 fully saturated rings. The number of amides is 2. The van der Waals surface area contributed by atoms with Gasteiger partial charge in [0.2, 0.25) is 5.91 Å².